The predicted octanol–water partition coefficient (Wildman–Crippen LogP) is -3.80. The van der Waals surface area contributed by atoms with E-state index in [9.17, 15) is 40.2 Å². The summed E-state index contributed by atoms with van der Waals surface area (Å²) in [7, 11) is 2.60. The van der Waals surface area contributed by atoms with Gasteiger partial charge in [0.2, 0.25) is 12.1 Å². The van der Waals surface area contributed by atoms with Crippen LogP contribution < -0.4 is 16.0 Å². The van der Waals surface area contributed by atoms with E-state index in [1.807, 2.05) is 0 Å². The van der Waals surface area contributed by atoms with Gasteiger partial charge in [-0.3, -0.25) is 4.99 Å². The van der Waals surface area contributed by atoms with Crippen molar-refractivity contribution in [3.63, 3.8) is 0 Å². The Morgan fingerprint density at radius 2 is 2.02 bits per heavy atom. The molecule has 17 heteroatoms. The molecule has 3 aliphatic heterocycles. The number of rotatable bonds is 13. The van der Waals surface area contributed by atoms with Crippen molar-refractivity contribution in [2.75, 3.05) is 47.1 Å². The largest absolute Gasteiger partial charge is 0.477 e. The van der Waals surface area contributed by atoms with E-state index < -0.39 is 67.1 Å². The highest BCUT2D eigenvalue weighted by Gasteiger charge is 2.57. The molecule has 1 fully saturated rings. The lowest BCUT2D eigenvalue weighted by Crippen LogP contribution is -3.09. The number of hydrogen-bond acceptors (Lipinski definition) is 13. The van der Waals surface area contributed by atoms with Crippen LogP contribution in [0.1, 0.15) is 6.92 Å². The Kier molecular flexibility index (Phi) is 13.0. The smallest absolute Gasteiger partial charge is 0.343 e. The Balaban J connectivity index is 2.06. The second-order valence-corrected chi connectivity index (χ2v) is 10.5. The van der Waals surface area contributed by atoms with Crippen LogP contribution >= 0.6 is 0 Å². The van der Waals surface area contributed by atoms with Gasteiger partial charge < -0.3 is 70.3 Å². The van der Waals surface area contributed by atoms with Gasteiger partial charge in [-0.25, -0.2) is 9.59 Å². The van der Waals surface area contributed by atoms with Crippen LogP contribution in [-0.2, 0) is 33.3 Å². The minimum Gasteiger partial charge on any atom is -0.477 e. The van der Waals surface area contributed by atoms with Crippen molar-refractivity contribution < 1.29 is 68.8 Å². The average molecular weight is 656 g/mol. The first-order valence-corrected chi connectivity index (χ1v) is 14.4. The van der Waals surface area contributed by atoms with Crippen LogP contribution in [0.5, 0.6) is 0 Å². The number of nitrogens with zero attached hydrogens (tertiary/aromatic N) is 1. The van der Waals surface area contributed by atoms with Gasteiger partial charge in [-0.15, -0.1) is 6.58 Å². The van der Waals surface area contributed by atoms with Crippen LogP contribution in [0.2, 0.25) is 0 Å². The minimum absolute atomic E-state index is 0.0256. The number of aliphatic carboxylic acids is 1. The van der Waals surface area contributed by atoms with Gasteiger partial charge in [0.25, 0.3) is 0 Å². The van der Waals surface area contributed by atoms with Crippen LogP contribution in [0.4, 0.5) is 0 Å². The molecule has 3 rings (SSSR count). The summed E-state index contributed by atoms with van der Waals surface area (Å²) in [5.41, 5.74) is 6.41. The number of carbonyl (C=O) groups excluding carboxylic acids is 1. The summed E-state index contributed by atoms with van der Waals surface area (Å²) in [6.07, 6.45) is -0.730. The van der Waals surface area contributed by atoms with Crippen molar-refractivity contribution in [2.24, 2.45) is 22.6 Å². The highest BCUT2D eigenvalue weighted by atomic mass is 16.8. The maximum absolute atomic E-state index is 12.8. The molecule has 0 amide bonds. The third-order valence-electron chi connectivity index (χ3n) is 7.69. The third-order valence-corrected chi connectivity index (χ3v) is 7.69. The maximum atomic E-state index is 12.8. The first-order valence-electron chi connectivity index (χ1n) is 14.4. The number of carboxylic acids is 1. The van der Waals surface area contributed by atoms with E-state index in [4.69, 9.17) is 29.4 Å². The minimum atomic E-state index is -2.88. The van der Waals surface area contributed by atoms with Gasteiger partial charge in [0.15, 0.2) is 18.4 Å². The van der Waals surface area contributed by atoms with E-state index in [1.54, 1.807) is 19.1 Å². The SMILES string of the molecule is C=CC1C(OC2OC(CO)C(O)C(O)(O)C2OCC)OC=C(C(=O)OC)C1C=CC1=C(NC(N)=NC)C(C(=O)O)=C[NH+](CCO)C1. The Morgan fingerprint density at radius 3 is 2.59 bits per heavy atom. The number of guanidine groups is 1. The van der Waals surface area contributed by atoms with E-state index in [0.29, 0.717) is 10.5 Å². The zero-order valence-electron chi connectivity index (χ0n) is 25.7. The Morgan fingerprint density at radius 1 is 1.30 bits per heavy atom. The van der Waals surface area contributed by atoms with E-state index in [1.165, 1.54) is 26.4 Å². The summed E-state index contributed by atoms with van der Waals surface area (Å²) < 4.78 is 27.7. The van der Waals surface area contributed by atoms with Gasteiger partial charge in [0, 0.05) is 25.1 Å². The van der Waals surface area contributed by atoms with E-state index in [2.05, 4.69) is 16.9 Å². The Hall–Kier alpha value is -3.65. The standard InChI is InChI=1S/C29H42N4O13/c1-5-16-17(8-7-15-11-33(9-10-34)12-18(24(37)38)21(15)32-28(30)31-3)19(25(39)42-4)14-44-26(16)46-27-23(43-6-2)29(40,41)22(36)20(13-35)45-27/h5,7-8,12,14,16-17,20,22-23,26-27,34-36,40-41H,1,6,9-11,13H2,2-4H3,(H,37,38)(H3,30,31,32)/p+1. The van der Waals surface area contributed by atoms with Crippen molar-refractivity contribution in [1.82, 2.24) is 5.32 Å². The Bertz CT molecular complexity index is 1280. The number of esters is 1. The molecule has 0 saturated carbocycles. The molecule has 0 radical (unpaired) electrons. The number of carboxylic acid groups (broad SMARTS) is 1. The molecule has 3 aliphatic rings. The van der Waals surface area contributed by atoms with Gasteiger partial charge in [-0.1, -0.05) is 18.2 Å². The summed E-state index contributed by atoms with van der Waals surface area (Å²) >= 11 is 0. The molecular weight excluding hydrogens is 612 g/mol. The number of allylic oxidation sites excluding steroid dienone is 1. The van der Waals surface area contributed by atoms with Crippen LogP contribution in [0.15, 0.2) is 64.7 Å². The fourth-order valence-electron chi connectivity index (χ4n) is 5.32. The van der Waals surface area contributed by atoms with Gasteiger partial charge in [-0.2, -0.15) is 0 Å². The fourth-order valence-corrected chi connectivity index (χ4v) is 5.32. The highest BCUT2D eigenvalue weighted by molar-refractivity contribution is 5.94. The van der Waals surface area contributed by atoms with E-state index >= 15 is 0 Å². The van der Waals surface area contributed by atoms with Crippen LogP contribution in [0.25, 0.3) is 0 Å². The number of quaternary nitrogens is 1. The quantitative estimate of drug-likeness (QED) is 0.0303. The molecule has 1 saturated heterocycles. The number of nitrogens with one attached hydrogen (secondary N) is 2. The molecule has 17 nitrogen and oxygen atoms in total. The molecule has 0 bridgehead atoms. The molecule has 256 valence electrons. The van der Waals surface area contributed by atoms with Gasteiger partial charge in [-0.05, 0) is 6.92 Å². The maximum Gasteiger partial charge on any atom is 0.343 e. The Labute approximate surface area is 265 Å². The van der Waals surface area contributed by atoms with E-state index in [-0.39, 0.29) is 49.1 Å². The van der Waals surface area contributed by atoms with Gasteiger partial charge in [0.05, 0.1) is 43.8 Å². The molecular formula is C29H43N4O13+. The number of aliphatic hydroxyl groups excluding tert-OH is 3. The average Bonchev–Trinajstić information content (AvgIpc) is 3.03. The summed E-state index contributed by atoms with van der Waals surface area (Å²) in [5, 5.41) is 63.7. The summed E-state index contributed by atoms with van der Waals surface area (Å²) in [5.74, 6) is -6.66. The molecule has 0 aromatic heterocycles. The second kappa shape index (κ2) is 16.3. The molecule has 46 heavy (non-hydrogen) atoms. The molecule has 0 aromatic rings. The molecule has 0 spiro atoms. The number of ether oxygens (including phenoxy) is 5. The lowest BCUT2D eigenvalue weighted by Gasteiger charge is -2.47. The molecule has 8 unspecified atom stereocenters. The van der Waals surface area contributed by atoms with Crippen molar-refractivity contribution in [1.29, 1.82) is 0 Å². The van der Waals surface area contributed by atoms with Crippen LogP contribution in [-0.4, -0.2) is 132 Å². The first-order chi connectivity index (χ1) is 21.9. The number of nitrogens with two attached hydrogens (primary N) is 1. The first kappa shape index (κ1) is 36.8. The fraction of sp³-hybridized carbons (Fsp3) is 0.552. The van der Waals surface area contributed by atoms with Crippen molar-refractivity contribution in [3.05, 3.63) is 59.7 Å². The van der Waals surface area contributed by atoms with Crippen LogP contribution in [0, 0.1) is 11.8 Å². The lowest BCUT2D eigenvalue weighted by atomic mass is 9.83. The number of hydrogen-bond donors (Lipinski definition) is 9. The zero-order valence-corrected chi connectivity index (χ0v) is 25.7. The van der Waals surface area contributed by atoms with Crippen LogP contribution in [0.3, 0.4) is 0 Å². The summed E-state index contributed by atoms with van der Waals surface area (Å²) in [6, 6.07) is 0. The molecule has 0 aliphatic carbocycles. The van der Waals surface area contributed by atoms with Gasteiger partial charge in [0.1, 0.15) is 37.1 Å². The van der Waals surface area contributed by atoms with E-state index in [0.717, 1.165) is 6.26 Å². The number of aliphatic hydroxyl groups is 5. The predicted molar refractivity (Wildman–Crippen MR) is 158 cm³/mol. The molecule has 8 atom stereocenters. The monoisotopic (exact) mass is 655 g/mol. The molecule has 3 heterocycles. The summed E-state index contributed by atoms with van der Waals surface area (Å²) in [4.78, 5) is 29.5. The van der Waals surface area contributed by atoms with Crippen molar-refractivity contribution in [3.8, 4) is 0 Å². The third kappa shape index (κ3) is 8.00. The molecule has 0 aromatic carbocycles. The second-order valence-electron chi connectivity index (χ2n) is 10.5. The highest BCUT2D eigenvalue weighted by Crippen LogP contribution is 2.38. The number of carbonyl (C=O) groups is 2. The number of aliphatic imine (C=N–C) groups is 1. The summed E-state index contributed by atoms with van der Waals surface area (Å²) in [6.45, 7) is 4.84. The lowest BCUT2D eigenvalue weighted by molar-refractivity contribution is -0.843. The topological polar surface area (TPSA) is 257 Å². The zero-order chi connectivity index (χ0) is 34.2. The van der Waals surface area contributed by atoms with Crippen molar-refractivity contribution >= 4 is 17.9 Å². The van der Waals surface area contributed by atoms with Crippen molar-refractivity contribution in [2.45, 2.75) is 43.6 Å². The normalized spacial score (nSPS) is 31.5. The van der Waals surface area contributed by atoms with Gasteiger partial charge >= 0.3 is 11.9 Å². The number of methoxy groups -OCH3 is 1. The molecule has 10 N–H and O–H groups in total.